The minimum Gasteiger partial charge on any atom is -0.446 e. The minimum absolute atomic E-state index is 0.0689. The van der Waals surface area contributed by atoms with Crippen molar-refractivity contribution in [1.82, 2.24) is 19.8 Å². The van der Waals surface area contributed by atoms with E-state index in [-0.39, 0.29) is 56.5 Å². The maximum atomic E-state index is 13.1. The topological polar surface area (TPSA) is 61.8 Å². The highest BCUT2D eigenvalue weighted by Crippen LogP contribution is 2.52. The smallest absolute Gasteiger partial charge is 0.434 e. The van der Waals surface area contributed by atoms with Crippen molar-refractivity contribution in [3.05, 3.63) is 23.7 Å². The lowest BCUT2D eigenvalue weighted by atomic mass is 9.46. The predicted molar refractivity (Wildman–Crippen MR) is 160 cm³/mol. The molecule has 7 nitrogen and oxygen atoms in total. The number of benzene rings is 1. The summed E-state index contributed by atoms with van der Waals surface area (Å²) in [4.78, 5) is 25.8. The zero-order valence-electron chi connectivity index (χ0n) is 23.4. The maximum Gasteiger partial charge on any atom is 0.434 e. The molecule has 1 aromatic heterocycles. The molecule has 1 spiro atoms. The number of ether oxygens (including phenoxy) is 1. The Morgan fingerprint density at radius 2 is 1.43 bits per heavy atom. The molecule has 14 radical (unpaired) electrons. The molecule has 5 rings (SSSR count). The molecule has 1 saturated carbocycles. The van der Waals surface area contributed by atoms with Gasteiger partial charge in [-0.1, -0.05) is 5.56 Å². The van der Waals surface area contributed by atoms with Crippen LogP contribution < -0.4 is 32.2 Å². The van der Waals surface area contributed by atoms with Crippen LogP contribution >= 0.6 is 0 Å². The van der Waals surface area contributed by atoms with Crippen molar-refractivity contribution in [2.75, 3.05) is 31.1 Å². The highest BCUT2D eigenvalue weighted by molar-refractivity contribution is 6.68. The van der Waals surface area contributed by atoms with Crippen LogP contribution in [0.1, 0.15) is 37.9 Å². The highest BCUT2D eigenvalue weighted by atomic mass is 19.4. The molecule has 0 N–H and O–H groups in total. The number of alkyl halides is 3. The molecule has 3 heterocycles. The van der Waals surface area contributed by atoms with Gasteiger partial charge >= 0.3 is 12.3 Å². The lowest BCUT2D eigenvalue weighted by Crippen LogP contribution is -2.72. The lowest BCUT2D eigenvalue weighted by molar-refractivity contribution is -0.145. The molecule has 2 saturated heterocycles. The number of likely N-dealkylation sites (tertiary alicyclic amines) is 1. The van der Waals surface area contributed by atoms with E-state index in [1.807, 2.05) is 18.7 Å². The fraction of sp³-hybridized carbons (Fsp3) is 0.560. The number of anilines is 1. The SMILES string of the molecule is [B]c1c([B])c([B])c(C([B])([B])N2CC3(CC(OC(=O)N4[C@H](C)CN(c5cnc(C(F)(F)F)cn5)C[C@@H]4C)C3)C2)c([B])c1[B]. The standard InChI is InChI=1S/C25H23B7F3N5O2/c1-11-7-38(15-6-36-14(5-37-15)25(33,34)35)8-12(2)40(11)22(41)42-13-3-23(4-13)9-39(10-23)24(31,32)16-17(26)19(28)21(30)20(29)18(16)27/h5-6,11-13H,3-4,7-10H2,1-2H3/t11-,12+. The van der Waals surface area contributed by atoms with E-state index in [9.17, 15) is 18.0 Å². The van der Waals surface area contributed by atoms with Crippen LogP contribution in [0, 0.1) is 5.41 Å². The fourth-order valence-corrected chi connectivity index (χ4v) is 6.42. The second-order valence-electron chi connectivity index (χ2n) is 11.8. The van der Waals surface area contributed by atoms with Crippen molar-refractivity contribution in [3.63, 3.8) is 0 Å². The van der Waals surface area contributed by atoms with E-state index in [2.05, 4.69) is 9.97 Å². The van der Waals surface area contributed by atoms with Crippen LogP contribution in [-0.4, -0.2) is 125 Å². The number of rotatable bonds is 4. The minimum atomic E-state index is -4.56. The maximum absolute atomic E-state index is 13.1. The van der Waals surface area contributed by atoms with Gasteiger partial charge in [-0.2, -0.15) is 13.2 Å². The van der Waals surface area contributed by atoms with E-state index < -0.39 is 23.3 Å². The Kier molecular flexibility index (Phi) is 7.85. The molecule has 1 amide bonds. The third-order valence-electron chi connectivity index (χ3n) is 8.65. The van der Waals surface area contributed by atoms with E-state index in [1.54, 1.807) is 9.80 Å². The normalized spacial score (nSPS) is 23.0. The molecule has 0 bridgehead atoms. The largest absolute Gasteiger partial charge is 0.446 e. The molecule has 202 valence electrons. The number of hydrogen-bond acceptors (Lipinski definition) is 6. The Morgan fingerprint density at radius 3 is 1.90 bits per heavy atom. The van der Waals surface area contributed by atoms with Crippen LogP contribution in [0.3, 0.4) is 0 Å². The monoisotopic (exact) mass is 559 g/mol. The van der Waals surface area contributed by atoms with Crippen LogP contribution in [0.2, 0.25) is 0 Å². The second-order valence-corrected chi connectivity index (χ2v) is 11.8. The summed E-state index contributed by atoms with van der Waals surface area (Å²) in [6.07, 6.45) is -2.21. The average molecular weight is 558 g/mol. The van der Waals surface area contributed by atoms with Crippen molar-refractivity contribution in [2.24, 2.45) is 5.41 Å². The highest BCUT2D eigenvalue weighted by Gasteiger charge is 2.57. The zero-order valence-corrected chi connectivity index (χ0v) is 23.4. The van der Waals surface area contributed by atoms with E-state index >= 15 is 0 Å². The van der Waals surface area contributed by atoms with Gasteiger partial charge in [0.05, 0.1) is 40.2 Å². The Balaban J connectivity index is 1.15. The first-order chi connectivity index (χ1) is 19.4. The van der Waals surface area contributed by atoms with Crippen molar-refractivity contribution in [2.45, 2.75) is 56.4 Å². The van der Waals surface area contributed by atoms with Crippen LogP contribution in [0.15, 0.2) is 12.4 Å². The molecule has 3 aliphatic rings. The summed E-state index contributed by atoms with van der Waals surface area (Å²) >= 11 is 0. The van der Waals surface area contributed by atoms with Crippen LogP contribution in [-0.2, 0) is 16.3 Å². The van der Waals surface area contributed by atoms with Crippen molar-refractivity contribution in [3.8, 4) is 0 Å². The first-order valence-electron chi connectivity index (χ1n) is 13.4. The summed E-state index contributed by atoms with van der Waals surface area (Å²) in [5.74, 6) is 0.314. The summed E-state index contributed by atoms with van der Waals surface area (Å²) < 4.78 is 44.3. The first kappa shape index (κ1) is 31.0. The molecule has 17 heteroatoms. The third-order valence-corrected chi connectivity index (χ3v) is 8.65. The third kappa shape index (κ3) is 5.28. The van der Waals surface area contributed by atoms with Gasteiger partial charge in [-0.3, -0.25) is 4.90 Å². The van der Waals surface area contributed by atoms with E-state index in [1.165, 1.54) is 0 Å². The van der Waals surface area contributed by atoms with Gasteiger partial charge < -0.3 is 14.5 Å². The van der Waals surface area contributed by atoms with Crippen LogP contribution in [0.4, 0.5) is 23.8 Å². The van der Waals surface area contributed by atoms with Gasteiger partial charge in [-0.15, -0.1) is 27.3 Å². The van der Waals surface area contributed by atoms with Gasteiger partial charge in [-0.05, 0) is 32.0 Å². The van der Waals surface area contributed by atoms with E-state index in [4.69, 9.17) is 59.7 Å². The summed E-state index contributed by atoms with van der Waals surface area (Å²) in [6, 6.07) is -0.547. The number of amides is 1. The quantitative estimate of drug-likeness (QED) is 0.376. The summed E-state index contributed by atoms with van der Waals surface area (Å²) in [5, 5.41) is -1.54. The number of nitrogens with zero attached hydrogens (tertiary/aromatic N) is 5. The van der Waals surface area contributed by atoms with Gasteiger partial charge in [0.1, 0.15) is 51.2 Å². The molecule has 42 heavy (non-hydrogen) atoms. The summed E-state index contributed by atoms with van der Waals surface area (Å²) in [7, 11) is 43.2. The Labute approximate surface area is 252 Å². The number of hydrogen-bond donors (Lipinski definition) is 0. The molecule has 2 atom stereocenters. The van der Waals surface area contributed by atoms with Crippen LogP contribution in [0.25, 0.3) is 0 Å². The van der Waals surface area contributed by atoms with Gasteiger partial charge in [-0.25, -0.2) is 14.8 Å². The Bertz CT molecular complexity index is 1340. The van der Waals surface area contributed by atoms with Gasteiger partial charge in [0.15, 0.2) is 5.69 Å². The fourth-order valence-electron chi connectivity index (χ4n) is 6.42. The molecule has 2 aliphatic heterocycles. The Morgan fingerprint density at radius 1 is 0.905 bits per heavy atom. The van der Waals surface area contributed by atoms with Crippen LogP contribution in [0.5, 0.6) is 0 Å². The van der Waals surface area contributed by atoms with E-state index in [0.717, 1.165) is 6.20 Å². The number of carbonyl (C=O) groups is 1. The van der Waals surface area contributed by atoms with Gasteiger partial charge in [0, 0.05) is 31.6 Å². The zero-order chi connectivity index (χ0) is 30.9. The average Bonchev–Trinajstić information content (AvgIpc) is 2.85. The Hall–Kier alpha value is -2.43. The molecule has 0 unspecified atom stereocenters. The number of piperazine rings is 1. The summed E-state index contributed by atoms with van der Waals surface area (Å²) in [6.45, 7) is 5.48. The van der Waals surface area contributed by atoms with Gasteiger partial charge in [0.2, 0.25) is 0 Å². The second kappa shape index (κ2) is 10.6. The molecule has 2 aromatic rings. The molecular formula is C25H23B7F3N5O2. The lowest BCUT2D eigenvalue weighted by Gasteiger charge is -2.64. The predicted octanol–water partition coefficient (Wildman–Crippen LogP) is -2.89. The number of carbonyl (C=O) groups excluding carboxylic acids is 1. The van der Waals surface area contributed by atoms with Crippen molar-refractivity contribution >= 4 is 94.1 Å². The van der Waals surface area contributed by atoms with Crippen molar-refractivity contribution in [1.29, 1.82) is 0 Å². The number of aromatic nitrogens is 2. The summed E-state index contributed by atoms with van der Waals surface area (Å²) in [5.41, 5.74) is -0.586. The van der Waals surface area contributed by atoms with E-state index in [0.29, 0.717) is 51.0 Å². The molecule has 1 aromatic carbocycles. The molecule has 3 fully saturated rings. The molecular weight excluding hydrogens is 535 g/mol. The van der Waals surface area contributed by atoms with Gasteiger partial charge in [0.25, 0.3) is 0 Å². The first-order valence-corrected chi connectivity index (χ1v) is 13.4. The molecule has 1 aliphatic carbocycles. The number of halogens is 3. The van der Waals surface area contributed by atoms with Crippen molar-refractivity contribution < 1.29 is 22.7 Å².